The van der Waals surface area contributed by atoms with Crippen molar-refractivity contribution in [1.82, 2.24) is 25.6 Å². The molecule has 0 spiro atoms. The fourth-order valence-electron chi connectivity index (χ4n) is 3.25. The lowest BCUT2D eigenvalue weighted by atomic mass is 10.1. The van der Waals surface area contributed by atoms with Gasteiger partial charge in [0.1, 0.15) is 11.6 Å². The Balaban J connectivity index is 1.47. The molecule has 1 fully saturated rings. The lowest BCUT2D eigenvalue weighted by Gasteiger charge is -2.21. The van der Waals surface area contributed by atoms with Crippen molar-refractivity contribution in [3.8, 4) is 0 Å². The fraction of sp³-hybridized carbons (Fsp3) is 0.200. The van der Waals surface area contributed by atoms with Crippen molar-refractivity contribution < 1.29 is 14.4 Å². The Labute approximate surface area is 180 Å². The smallest absolute Gasteiger partial charge is 0.319 e. The number of carbonyl (C=O) groups excluding carboxylic acids is 3. The predicted octanol–water partition coefficient (Wildman–Crippen LogP) is 1.74. The average molecular weight is 441 g/mol. The summed E-state index contributed by atoms with van der Waals surface area (Å²) < 4.78 is 1.00. The molecule has 1 aliphatic heterocycles. The molecule has 3 aromatic rings. The zero-order chi connectivity index (χ0) is 22.0. The summed E-state index contributed by atoms with van der Waals surface area (Å²) in [6, 6.07) is 10.4. The van der Waals surface area contributed by atoms with Crippen LogP contribution in [0.3, 0.4) is 0 Å². The first-order valence-corrected chi connectivity index (χ1v) is 9.81. The second-order valence-corrected chi connectivity index (χ2v) is 7.41. The Kier molecular flexibility index (Phi) is 5.63. The Morgan fingerprint density at radius 2 is 2.03 bits per heavy atom. The van der Waals surface area contributed by atoms with Crippen LogP contribution in [0.15, 0.2) is 47.3 Å². The molecule has 3 N–H and O–H groups in total. The summed E-state index contributed by atoms with van der Waals surface area (Å²) in [5.41, 5.74) is 1.13. The lowest BCUT2D eigenvalue weighted by molar-refractivity contribution is -0.136. The number of imide groups is 1. The zero-order valence-corrected chi connectivity index (χ0v) is 16.8. The van der Waals surface area contributed by atoms with Gasteiger partial charge in [-0.25, -0.2) is 4.79 Å². The van der Waals surface area contributed by atoms with Crippen molar-refractivity contribution >= 4 is 46.0 Å². The van der Waals surface area contributed by atoms with Crippen molar-refractivity contribution in [3.63, 3.8) is 0 Å². The minimum atomic E-state index is -0.876. The molecule has 1 atom stereocenters. The van der Waals surface area contributed by atoms with Crippen molar-refractivity contribution in [3.05, 3.63) is 63.4 Å². The van der Waals surface area contributed by atoms with E-state index in [0.29, 0.717) is 21.8 Å². The molecule has 1 saturated heterocycles. The fourth-order valence-corrected chi connectivity index (χ4v) is 3.44. The van der Waals surface area contributed by atoms with Crippen molar-refractivity contribution in [2.75, 3.05) is 5.32 Å². The number of carbonyl (C=O) groups is 3. The molecule has 158 valence electrons. The zero-order valence-electron chi connectivity index (χ0n) is 16.1. The number of urea groups is 1. The van der Waals surface area contributed by atoms with Gasteiger partial charge in [-0.2, -0.15) is 4.68 Å². The summed E-state index contributed by atoms with van der Waals surface area (Å²) in [6.07, 6.45) is 0.318. The lowest BCUT2D eigenvalue weighted by Crippen LogP contribution is -2.45. The molecule has 1 aliphatic rings. The Bertz CT molecular complexity index is 1260. The van der Waals surface area contributed by atoms with E-state index in [2.05, 4.69) is 26.3 Å². The molecular weight excluding hydrogens is 424 g/mol. The highest BCUT2D eigenvalue weighted by Crippen LogP contribution is 2.17. The molecule has 2 aromatic carbocycles. The standard InChI is InChI=1S/C20H17ClN6O4/c21-12-2-1-3-13(9-12)23-20(31)22-10-11-4-5-14-15(8-11)25-26-27(19(14)30)16-6-7-17(28)24-18(16)29/h1-5,8-9,16H,6-7,10H2,(H2,22,23,31)(H,24,28,29). The second-order valence-electron chi connectivity index (χ2n) is 6.98. The molecular formula is C20H17ClN6O4. The Morgan fingerprint density at radius 1 is 1.19 bits per heavy atom. The van der Waals surface area contributed by atoms with Crippen LogP contribution in [0.5, 0.6) is 0 Å². The van der Waals surface area contributed by atoms with Crippen LogP contribution in [0, 0.1) is 0 Å². The summed E-state index contributed by atoms with van der Waals surface area (Å²) in [4.78, 5) is 48.2. The molecule has 0 aliphatic carbocycles. The first-order chi connectivity index (χ1) is 14.9. The quantitative estimate of drug-likeness (QED) is 0.529. The number of amides is 4. The highest BCUT2D eigenvalue weighted by atomic mass is 35.5. The number of benzene rings is 2. The van der Waals surface area contributed by atoms with E-state index >= 15 is 0 Å². The van der Waals surface area contributed by atoms with Crippen LogP contribution in [0.1, 0.15) is 24.4 Å². The highest BCUT2D eigenvalue weighted by molar-refractivity contribution is 6.30. The van der Waals surface area contributed by atoms with Gasteiger partial charge in [0.05, 0.1) is 5.39 Å². The van der Waals surface area contributed by atoms with Gasteiger partial charge in [0.25, 0.3) is 11.5 Å². The van der Waals surface area contributed by atoms with Crippen LogP contribution in [-0.2, 0) is 16.1 Å². The Morgan fingerprint density at radius 3 is 2.81 bits per heavy atom. The summed E-state index contributed by atoms with van der Waals surface area (Å²) in [6.45, 7) is 0.195. The van der Waals surface area contributed by atoms with Crippen LogP contribution in [0.2, 0.25) is 5.02 Å². The normalized spacial score (nSPS) is 16.1. The number of fused-ring (bicyclic) bond motifs is 1. The number of nitrogens with one attached hydrogen (secondary N) is 3. The maximum Gasteiger partial charge on any atom is 0.319 e. The molecule has 10 nitrogen and oxygen atoms in total. The number of halogens is 1. The largest absolute Gasteiger partial charge is 0.334 e. The van der Waals surface area contributed by atoms with Gasteiger partial charge in [-0.15, -0.1) is 5.10 Å². The third-order valence-electron chi connectivity index (χ3n) is 4.79. The van der Waals surface area contributed by atoms with E-state index in [9.17, 15) is 19.2 Å². The third kappa shape index (κ3) is 4.53. The van der Waals surface area contributed by atoms with E-state index in [-0.39, 0.29) is 30.7 Å². The monoisotopic (exact) mass is 440 g/mol. The highest BCUT2D eigenvalue weighted by Gasteiger charge is 2.30. The molecule has 11 heteroatoms. The SMILES string of the molecule is O=C1CCC(n2nnc3cc(CNC(=O)Nc4cccc(Cl)c4)ccc3c2=O)C(=O)N1. The molecule has 31 heavy (non-hydrogen) atoms. The van der Waals surface area contributed by atoms with E-state index < -0.39 is 23.5 Å². The van der Waals surface area contributed by atoms with E-state index in [0.717, 1.165) is 4.68 Å². The Hall–Kier alpha value is -3.79. The maximum atomic E-state index is 12.8. The number of piperidine rings is 1. The molecule has 0 radical (unpaired) electrons. The molecule has 1 unspecified atom stereocenters. The maximum absolute atomic E-state index is 12.8. The number of nitrogens with zero attached hydrogens (tertiary/aromatic N) is 3. The van der Waals surface area contributed by atoms with Crippen LogP contribution < -0.4 is 21.5 Å². The van der Waals surface area contributed by atoms with Crippen molar-refractivity contribution in [2.24, 2.45) is 0 Å². The summed E-state index contributed by atoms with van der Waals surface area (Å²) >= 11 is 5.90. The number of anilines is 1. The van der Waals surface area contributed by atoms with Gasteiger partial charge >= 0.3 is 6.03 Å². The summed E-state index contributed by atoms with van der Waals surface area (Å²) in [7, 11) is 0. The first kappa shape index (κ1) is 20.5. The van der Waals surface area contributed by atoms with Gasteiger partial charge < -0.3 is 10.6 Å². The van der Waals surface area contributed by atoms with Crippen molar-refractivity contribution in [2.45, 2.75) is 25.4 Å². The molecule has 4 rings (SSSR count). The number of hydrogen-bond donors (Lipinski definition) is 3. The minimum Gasteiger partial charge on any atom is -0.334 e. The predicted molar refractivity (Wildman–Crippen MR) is 113 cm³/mol. The van der Waals surface area contributed by atoms with E-state index in [4.69, 9.17) is 11.6 Å². The minimum absolute atomic E-state index is 0.129. The van der Waals surface area contributed by atoms with Gasteiger partial charge in [-0.3, -0.25) is 19.7 Å². The van der Waals surface area contributed by atoms with E-state index in [1.165, 1.54) is 0 Å². The first-order valence-electron chi connectivity index (χ1n) is 9.43. The van der Waals surface area contributed by atoms with Gasteiger partial charge in [0, 0.05) is 23.7 Å². The summed E-state index contributed by atoms with van der Waals surface area (Å²) in [5, 5.41) is 16.3. The molecule has 1 aromatic heterocycles. The van der Waals surface area contributed by atoms with Crippen molar-refractivity contribution in [1.29, 1.82) is 0 Å². The van der Waals surface area contributed by atoms with Gasteiger partial charge in [0.2, 0.25) is 5.91 Å². The van der Waals surface area contributed by atoms with Gasteiger partial charge in [-0.05, 0) is 42.3 Å². The van der Waals surface area contributed by atoms with Crippen LogP contribution >= 0.6 is 11.6 Å². The van der Waals surface area contributed by atoms with E-state index in [1.807, 2.05) is 0 Å². The van der Waals surface area contributed by atoms with Gasteiger partial charge in [0.15, 0.2) is 0 Å². The number of rotatable bonds is 4. The summed E-state index contributed by atoms with van der Waals surface area (Å²) in [5.74, 6) is -0.946. The average Bonchev–Trinajstić information content (AvgIpc) is 2.73. The molecule has 0 bridgehead atoms. The van der Waals surface area contributed by atoms with Crippen LogP contribution in [0.25, 0.3) is 10.9 Å². The molecule has 0 saturated carbocycles. The molecule has 2 heterocycles. The third-order valence-corrected chi connectivity index (χ3v) is 5.03. The molecule has 4 amide bonds. The van der Waals surface area contributed by atoms with Gasteiger partial charge in [-0.1, -0.05) is 28.9 Å². The second kappa shape index (κ2) is 8.52. The van der Waals surface area contributed by atoms with Crippen LogP contribution in [-0.4, -0.2) is 32.8 Å². The number of aromatic nitrogens is 3. The van der Waals surface area contributed by atoms with Crippen LogP contribution in [0.4, 0.5) is 10.5 Å². The topological polar surface area (TPSA) is 135 Å². The van der Waals surface area contributed by atoms with E-state index in [1.54, 1.807) is 42.5 Å². The number of hydrogen-bond acceptors (Lipinski definition) is 6.